The van der Waals surface area contributed by atoms with Crippen molar-refractivity contribution in [2.24, 2.45) is 0 Å². The molecule has 0 radical (unpaired) electrons. The van der Waals surface area contributed by atoms with Gasteiger partial charge in [-0.2, -0.15) is 0 Å². The van der Waals surface area contributed by atoms with E-state index < -0.39 is 13.9 Å². The van der Waals surface area contributed by atoms with Gasteiger partial charge in [0, 0.05) is 11.3 Å². The summed E-state index contributed by atoms with van der Waals surface area (Å²) in [5.74, 6) is 0.467. The summed E-state index contributed by atoms with van der Waals surface area (Å²) >= 11 is 12.3. The molecule has 6 nitrogen and oxygen atoms in total. The van der Waals surface area contributed by atoms with Crippen LogP contribution in [0.3, 0.4) is 0 Å². The van der Waals surface area contributed by atoms with Crippen LogP contribution in [0.1, 0.15) is 25.3 Å². The maximum atomic E-state index is 10.9. The molecule has 0 aromatic heterocycles. The smallest absolute Gasteiger partial charge is 0.344 e. The average molecular weight is 406 g/mol. The minimum Gasteiger partial charge on any atom is -0.504 e. The van der Waals surface area contributed by atoms with Crippen LogP contribution >= 0.6 is 30.8 Å². The van der Waals surface area contributed by atoms with Crippen LogP contribution < -0.4 is 10.1 Å². The third kappa shape index (κ3) is 5.27. The number of benzene rings is 2. The first-order chi connectivity index (χ1) is 11.6. The molecule has 0 bridgehead atoms. The van der Waals surface area contributed by atoms with Crippen molar-refractivity contribution in [2.75, 3.05) is 11.6 Å². The van der Waals surface area contributed by atoms with Crippen LogP contribution in [0.25, 0.3) is 0 Å². The minimum absolute atomic E-state index is 0.00772. The van der Waals surface area contributed by atoms with Crippen molar-refractivity contribution >= 4 is 36.5 Å². The molecule has 0 saturated carbocycles. The Labute approximate surface area is 155 Å². The second-order valence-electron chi connectivity index (χ2n) is 5.72. The third-order valence-electron chi connectivity index (χ3n) is 3.35. The summed E-state index contributed by atoms with van der Waals surface area (Å²) in [6.45, 7) is 3.89. The minimum atomic E-state index is -4.21. The number of nitrogens with one attached hydrogen (secondary N) is 1. The van der Waals surface area contributed by atoms with Crippen LogP contribution in [0.5, 0.6) is 17.2 Å². The summed E-state index contributed by atoms with van der Waals surface area (Å²) < 4.78 is 16.6. The van der Waals surface area contributed by atoms with E-state index in [-0.39, 0.29) is 33.2 Å². The molecule has 25 heavy (non-hydrogen) atoms. The molecule has 2 aromatic rings. The lowest BCUT2D eigenvalue weighted by molar-refractivity contribution is 0.375. The maximum Gasteiger partial charge on any atom is 0.344 e. The fourth-order valence-corrected chi connectivity index (χ4v) is 3.10. The van der Waals surface area contributed by atoms with E-state index in [9.17, 15) is 9.67 Å². The zero-order valence-electron chi connectivity index (χ0n) is 13.5. The van der Waals surface area contributed by atoms with Gasteiger partial charge >= 0.3 is 7.60 Å². The molecule has 0 saturated heterocycles. The Hall–Kier alpha value is -1.43. The van der Waals surface area contributed by atoms with Gasteiger partial charge in [0.1, 0.15) is 6.29 Å². The lowest BCUT2D eigenvalue weighted by Crippen LogP contribution is -2.02. The topological polar surface area (TPSA) is 99.0 Å². The molecule has 2 rings (SSSR count). The molecule has 0 unspecified atom stereocenters. The number of hydrogen-bond acceptors (Lipinski definition) is 4. The summed E-state index contributed by atoms with van der Waals surface area (Å²) in [4.78, 5) is 17.8. The van der Waals surface area contributed by atoms with Crippen molar-refractivity contribution in [1.82, 2.24) is 0 Å². The van der Waals surface area contributed by atoms with Crippen LogP contribution in [-0.2, 0) is 4.57 Å². The van der Waals surface area contributed by atoms with Gasteiger partial charge in [-0.05, 0) is 24.1 Å². The first-order valence-corrected chi connectivity index (χ1v) is 9.91. The largest absolute Gasteiger partial charge is 0.504 e. The number of aromatic hydroxyl groups is 1. The molecule has 0 atom stereocenters. The number of phenolic OH excluding ortho intramolecular Hbond substituents is 1. The molecule has 0 fully saturated rings. The molecule has 0 amide bonds. The van der Waals surface area contributed by atoms with Crippen LogP contribution in [0, 0.1) is 0 Å². The van der Waals surface area contributed by atoms with E-state index in [1.807, 2.05) is 13.8 Å². The van der Waals surface area contributed by atoms with E-state index in [0.29, 0.717) is 5.69 Å². The molecule has 4 N–H and O–H groups in total. The molecule has 9 heteroatoms. The van der Waals surface area contributed by atoms with Crippen molar-refractivity contribution in [2.45, 2.75) is 19.8 Å². The van der Waals surface area contributed by atoms with Crippen molar-refractivity contribution in [3.63, 3.8) is 0 Å². The number of phenols is 1. The summed E-state index contributed by atoms with van der Waals surface area (Å²) in [6.07, 6.45) is -0.545. The number of ether oxygens (including phenoxy) is 1. The van der Waals surface area contributed by atoms with Crippen molar-refractivity contribution in [1.29, 1.82) is 0 Å². The fraction of sp³-hybridized carbons (Fsp3) is 0.250. The third-order valence-corrected chi connectivity index (χ3v) is 4.48. The van der Waals surface area contributed by atoms with E-state index in [1.165, 1.54) is 12.1 Å². The average Bonchev–Trinajstić information content (AvgIpc) is 2.49. The second-order valence-corrected chi connectivity index (χ2v) is 8.18. The predicted octanol–water partition coefficient (Wildman–Crippen LogP) is 5.16. The summed E-state index contributed by atoms with van der Waals surface area (Å²) in [5.41, 5.74) is 1.07. The predicted molar refractivity (Wildman–Crippen MR) is 99.3 cm³/mol. The van der Waals surface area contributed by atoms with Gasteiger partial charge in [-0.15, -0.1) is 0 Å². The fourth-order valence-electron chi connectivity index (χ4n) is 2.15. The second kappa shape index (κ2) is 7.85. The maximum absolute atomic E-state index is 10.9. The highest BCUT2D eigenvalue weighted by Gasteiger charge is 2.17. The lowest BCUT2D eigenvalue weighted by atomic mass is 10.0. The Morgan fingerprint density at radius 3 is 2.32 bits per heavy atom. The van der Waals surface area contributed by atoms with E-state index in [1.54, 1.807) is 18.2 Å². The highest BCUT2D eigenvalue weighted by molar-refractivity contribution is 7.51. The van der Waals surface area contributed by atoms with Gasteiger partial charge in [-0.25, -0.2) is 0 Å². The van der Waals surface area contributed by atoms with Crippen molar-refractivity contribution in [3.8, 4) is 17.2 Å². The molecule has 0 aliphatic heterocycles. The summed E-state index contributed by atoms with van der Waals surface area (Å²) in [5, 5.41) is 13.1. The van der Waals surface area contributed by atoms with Gasteiger partial charge in [0.2, 0.25) is 0 Å². The summed E-state index contributed by atoms with van der Waals surface area (Å²) in [7, 11) is -4.21. The molecule has 0 spiro atoms. The quantitative estimate of drug-likeness (QED) is 0.495. The van der Waals surface area contributed by atoms with Gasteiger partial charge in [0.25, 0.3) is 0 Å². The van der Waals surface area contributed by atoms with Crippen LogP contribution in [0.4, 0.5) is 5.69 Å². The first kappa shape index (κ1) is 19.9. The Morgan fingerprint density at radius 1 is 1.20 bits per heavy atom. The Balaban J connectivity index is 2.29. The lowest BCUT2D eigenvalue weighted by Gasteiger charge is -2.16. The van der Waals surface area contributed by atoms with E-state index in [2.05, 4.69) is 5.32 Å². The van der Waals surface area contributed by atoms with Crippen molar-refractivity contribution < 1.29 is 24.2 Å². The Morgan fingerprint density at radius 2 is 1.80 bits per heavy atom. The van der Waals surface area contributed by atoms with Gasteiger partial charge in [-0.1, -0.05) is 49.2 Å². The number of halogens is 2. The standard InChI is InChI=1S/C16H18Cl2NO5P/c1-9(2)11-4-3-5-14(15(11)20)24-16-12(17)6-10(7-13(16)18)19-8-25(21,22)23/h3-7,9,19-20H,8H2,1-2H3,(H2,21,22,23). The number of anilines is 1. The highest BCUT2D eigenvalue weighted by atomic mass is 35.5. The van der Waals surface area contributed by atoms with Crippen LogP contribution in [0.2, 0.25) is 10.0 Å². The van der Waals surface area contributed by atoms with Gasteiger partial charge in [0.15, 0.2) is 17.2 Å². The number of rotatable bonds is 6. The zero-order valence-corrected chi connectivity index (χ0v) is 15.9. The number of hydrogen-bond donors (Lipinski definition) is 4. The molecule has 2 aromatic carbocycles. The SMILES string of the molecule is CC(C)c1cccc(Oc2c(Cl)cc(NCP(=O)(O)O)cc2Cl)c1O. The van der Waals surface area contributed by atoms with E-state index in [0.717, 1.165) is 5.56 Å². The summed E-state index contributed by atoms with van der Waals surface area (Å²) in [6, 6.07) is 8.00. The van der Waals surface area contributed by atoms with Crippen LogP contribution in [-0.4, -0.2) is 21.2 Å². The zero-order chi connectivity index (χ0) is 18.8. The van der Waals surface area contributed by atoms with E-state index in [4.69, 9.17) is 37.7 Å². The van der Waals surface area contributed by atoms with Crippen molar-refractivity contribution in [3.05, 3.63) is 45.9 Å². The van der Waals surface area contributed by atoms with Gasteiger partial charge in [-0.3, -0.25) is 4.57 Å². The molecular weight excluding hydrogens is 388 g/mol. The van der Waals surface area contributed by atoms with E-state index >= 15 is 0 Å². The number of para-hydroxylation sites is 1. The first-order valence-electron chi connectivity index (χ1n) is 7.35. The van der Waals surface area contributed by atoms with Gasteiger partial charge < -0.3 is 24.9 Å². The molecule has 136 valence electrons. The Bertz CT molecular complexity index is 799. The molecule has 0 heterocycles. The van der Waals surface area contributed by atoms with Gasteiger partial charge in [0.05, 0.1) is 10.0 Å². The van der Waals surface area contributed by atoms with Crippen LogP contribution in [0.15, 0.2) is 30.3 Å². The highest BCUT2D eigenvalue weighted by Crippen LogP contribution is 2.43. The Kier molecular flexibility index (Phi) is 6.25. The molecule has 0 aliphatic rings. The molecular formula is C16H18Cl2NO5P. The monoisotopic (exact) mass is 405 g/mol. The normalized spacial score (nSPS) is 11.6. The molecule has 0 aliphatic carbocycles.